The molecular formula is C13H16N4O3. The third-order valence-electron chi connectivity index (χ3n) is 2.30. The summed E-state index contributed by atoms with van der Waals surface area (Å²) in [5, 5.41) is 6.11. The van der Waals surface area contributed by atoms with E-state index in [9.17, 15) is 4.79 Å². The highest BCUT2D eigenvalue weighted by Crippen LogP contribution is 2.26. The van der Waals surface area contributed by atoms with E-state index in [1.807, 2.05) is 0 Å². The topological polar surface area (TPSA) is 103 Å². The molecule has 0 saturated heterocycles. The standard InChI is InChI=1S/C13H16N4O3/c1-13(2,3)19-12(18)17-10-5-4-8(6-9(10)14)11-15-7-16-20-11/h4-7H,14H2,1-3H3,(H,17,18). The molecule has 0 atom stereocenters. The van der Waals surface area contributed by atoms with Gasteiger partial charge in [-0.15, -0.1) is 0 Å². The van der Waals surface area contributed by atoms with Crippen LogP contribution in [0.3, 0.4) is 0 Å². The lowest BCUT2D eigenvalue weighted by Gasteiger charge is -2.20. The van der Waals surface area contributed by atoms with Gasteiger partial charge in [0.15, 0.2) is 6.33 Å². The minimum Gasteiger partial charge on any atom is -0.444 e. The molecule has 2 rings (SSSR count). The number of hydrogen-bond acceptors (Lipinski definition) is 6. The van der Waals surface area contributed by atoms with Crippen molar-refractivity contribution in [2.75, 3.05) is 11.1 Å². The van der Waals surface area contributed by atoms with Crippen LogP contribution in [0.5, 0.6) is 0 Å². The molecule has 106 valence electrons. The van der Waals surface area contributed by atoms with Crippen molar-refractivity contribution in [1.82, 2.24) is 10.1 Å². The maximum atomic E-state index is 11.7. The van der Waals surface area contributed by atoms with E-state index in [0.29, 0.717) is 22.8 Å². The van der Waals surface area contributed by atoms with Crippen LogP contribution < -0.4 is 11.1 Å². The van der Waals surface area contributed by atoms with E-state index < -0.39 is 11.7 Å². The molecule has 1 heterocycles. The molecule has 20 heavy (non-hydrogen) atoms. The molecule has 0 fully saturated rings. The maximum absolute atomic E-state index is 11.7. The number of aromatic nitrogens is 2. The fourth-order valence-electron chi connectivity index (χ4n) is 1.52. The highest BCUT2D eigenvalue weighted by Gasteiger charge is 2.17. The Balaban J connectivity index is 2.13. The van der Waals surface area contributed by atoms with Crippen molar-refractivity contribution in [3.8, 4) is 11.5 Å². The molecule has 0 bridgehead atoms. The predicted molar refractivity (Wildman–Crippen MR) is 74.0 cm³/mol. The number of nitrogens with one attached hydrogen (secondary N) is 1. The summed E-state index contributed by atoms with van der Waals surface area (Å²) in [5.74, 6) is 0.362. The Labute approximate surface area is 116 Å². The van der Waals surface area contributed by atoms with E-state index in [0.717, 1.165) is 0 Å². The quantitative estimate of drug-likeness (QED) is 0.817. The van der Waals surface area contributed by atoms with Gasteiger partial charge in [0.2, 0.25) is 0 Å². The number of nitrogens with zero attached hydrogens (tertiary/aromatic N) is 2. The van der Waals surface area contributed by atoms with Gasteiger partial charge in [0.05, 0.1) is 11.4 Å². The molecule has 2 aromatic rings. The maximum Gasteiger partial charge on any atom is 0.412 e. The highest BCUT2D eigenvalue weighted by atomic mass is 16.6. The second-order valence-electron chi connectivity index (χ2n) is 5.18. The summed E-state index contributed by atoms with van der Waals surface area (Å²) in [6.07, 6.45) is 0.744. The summed E-state index contributed by atoms with van der Waals surface area (Å²) >= 11 is 0. The van der Waals surface area contributed by atoms with Gasteiger partial charge in [-0.05, 0) is 39.0 Å². The van der Waals surface area contributed by atoms with Crippen molar-refractivity contribution in [2.45, 2.75) is 26.4 Å². The first kappa shape index (κ1) is 13.9. The number of rotatable bonds is 2. The Kier molecular flexibility index (Phi) is 3.60. The number of anilines is 2. The minimum atomic E-state index is -0.567. The number of nitrogens with two attached hydrogens (primary N) is 1. The van der Waals surface area contributed by atoms with Gasteiger partial charge in [-0.3, -0.25) is 5.32 Å². The van der Waals surface area contributed by atoms with Crippen LogP contribution in [0.15, 0.2) is 29.0 Å². The van der Waals surface area contributed by atoms with Crippen LogP contribution in [0.25, 0.3) is 11.5 Å². The number of amides is 1. The fraction of sp³-hybridized carbons (Fsp3) is 0.308. The molecule has 0 aliphatic carbocycles. The monoisotopic (exact) mass is 276 g/mol. The first-order valence-electron chi connectivity index (χ1n) is 6.02. The van der Waals surface area contributed by atoms with Gasteiger partial charge >= 0.3 is 6.09 Å². The molecule has 0 saturated carbocycles. The Morgan fingerprint density at radius 1 is 1.40 bits per heavy atom. The number of ether oxygens (including phenoxy) is 1. The van der Waals surface area contributed by atoms with Crippen LogP contribution in [-0.2, 0) is 4.74 Å². The summed E-state index contributed by atoms with van der Waals surface area (Å²) in [5.41, 5.74) is 6.83. The summed E-state index contributed by atoms with van der Waals surface area (Å²) in [6, 6.07) is 5.01. The molecule has 0 radical (unpaired) electrons. The summed E-state index contributed by atoms with van der Waals surface area (Å²) in [7, 11) is 0. The smallest absolute Gasteiger partial charge is 0.412 e. The first-order valence-corrected chi connectivity index (χ1v) is 6.02. The van der Waals surface area contributed by atoms with Gasteiger partial charge in [0, 0.05) is 5.56 Å². The van der Waals surface area contributed by atoms with Crippen LogP contribution >= 0.6 is 0 Å². The van der Waals surface area contributed by atoms with Crippen LogP contribution in [-0.4, -0.2) is 21.8 Å². The Bertz CT molecular complexity index is 603. The van der Waals surface area contributed by atoms with Crippen LogP contribution in [0.2, 0.25) is 0 Å². The van der Waals surface area contributed by atoms with E-state index >= 15 is 0 Å². The van der Waals surface area contributed by atoms with Gasteiger partial charge in [0.1, 0.15) is 5.60 Å². The third kappa shape index (κ3) is 3.47. The molecule has 7 nitrogen and oxygen atoms in total. The number of carbonyl (C=O) groups excluding carboxylic acids is 1. The molecule has 1 aromatic carbocycles. The normalized spacial score (nSPS) is 11.2. The van der Waals surface area contributed by atoms with Gasteiger partial charge in [-0.1, -0.05) is 5.16 Å². The molecule has 0 unspecified atom stereocenters. The molecule has 0 aliphatic heterocycles. The third-order valence-corrected chi connectivity index (χ3v) is 2.30. The summed E-state index contributed by atoms with van der Waals surface area (Å²) in [6.45, 7) is 5.36. The number of benzene rings is 1. The van der Waals surface area contributed by atoms with Gasteiger partial charge in [-0.25, -0.2) is 4.79 Å². The average molecular weight is 276 g/mol. The summed E-state index contributed by atoms with van der Waals surface area (Å²) in [4.78, 5) is 15.6. The van der Waals surface area contributed by atoms with Crippen molar-refractivity contribution in [3.63, 3.8) is 0 Å². The predicted octanol–water partition coefficient (Wildman–Crippen LogP) is 2.67. The van der Waals surface area contributed by atoms with Crippen molar-refractivity contribution < 1.29 is 14.1 Å². The molecule has 1 amide bonds. The number of nitrogen functional groups attached to an aromatic ring is 1. The van der Waals surface area contributed by atoms with E-state index in [1.165, 1.54) is 6.33 Å². The lowest BCUT2D eigenvalue weighted by molar-refractivity contribution is 0.0636. The van der Waals surface area contributed by atoms with Gasteiger partial charge < -0.3 is 15.0 Å². The lowest BCUT2D eigenvalue weighted by Crippen LogP contribution is -2.27. The minimum absolute atomic E-state index is 0.362. The van der Waals surface area contributed by atoms with Crippen molar-refractivity contribution in [3.05, 3.63) is 24.5 Å². The number of carbonyl (C=O) groups is 1. The van der Waals surface area contributed by atoms with Crippen molar-refractivity contribution in [2.24, 2.45) is 0 Å². The Morgan fingerprint density at radius 3 is 2.70 bits per heavy atom. The van der Waals surface area contributed by atoms with Crippen LogP contribution in [0.4, 0.5) is 16.2 Å². The molecule has 0 spiro atoms. The van der Waals surface area contributed by atoms with Crippen LogP contribution in [0.1, 0.15) is 20.8 Å². The zero-order chi connectivity index (χ0) is 14.8. The van der Waals surface area contributed by atoms with Crippen molar-refractivity contribution in [1.29, 1.82) is 0 Å². The van der Waals surface area contributed by atoms with E-state index in [1.54, 1.807) is 39.0 Å². The van der Waals surface area contributed by atoms with Crippen LogP contribution in [0, 0.1) is 0 Å². The largest absolute Gasteiger partial charge is 0.444 e. The molecule has 3 N–H and O–H groups in total. The van der Waals surface area contributed by atoms with Crippen molar-refractivity contribution >= 4 is 17.5 Å². The molecule has 0 aliphatic rings. The van der Waals surface area contributed by atoms with E-state index in [4.69, 9.17) is 15.0 Å². The van der Waals surface area contributed by atoms with E-state index in [2.05, 4.69) is 15.5 Å². The molecule has 1 aromatic heterocycles. The zero-order valence-electron chi connectivity index (χ0n) is 11.5. The summed E-state index contributed by atoms with van der Waals surface area (Å²) < 4.78 is 10.1. The molecule has 7 heteroatoms. The second kappa shape index (κ2) is 5.20. The Morgan fingerprint density at radius 2 is 2.15 bits per heavy atom. The average Bonchev–Trinajstić information content (AvgIpc) is 2.82. The molecular weight excluding hydrogens is 260 g/mol. The SMILES string of the molecule is CC(C)(C)OC(=O)Nc1ccc(-c2ncno2)cc1N. The lowest BCUT2D eigenvalue weighted by atomic mass is 10.1. The van der Waals surface area contributed by atoms with Gasteiger partial charge in [0.25, 0.3) is 5.89 Å². The van der Waals surface area contributed by atoms with Gasteiger partial charge in [-0.2, -0.15) is 4.98 Å². The highest BCUT2D eigenvalue weighted by molar-refractivity contribution is 5.90. The second-order valence-corrected chi connectivity index (χ2v) is 5.18. The van der Waals surface area contributed by atoms with E-state index in [-0.39, 0.29) is 0 Å². The Hall–Kier alpha value is -2.57. The number of hydrogen-bond donors (Lipinski definition) is 2. The fourth-order valence-corrected chi connectivity index (χ4v) is 1.52. The first-order chi connectivity index (χ1) is 9.35. The zero-order valence-corrected chi connectivity index (χ0v) is 11.5.